The van der Waals surface area contributed by atoms with E-state index in [1.165, 1.54) is 0 Å². The minimum atomic E-state index is -0.317. The molecular formula is C14H18BrFN2OS. The number of morpholine rings is 1. The molecule has 1 aliphatic heterocycles. The maximum Gasteiger partial charge on any atom is 0.161 e. The molecule has 0 saturated carbocycles. The third-order valence-electron chi connectivity index (χ3n) is 3.58. The Balaban J connectivity index is 2.41. The molecule has 20 heavy (non-hydrogen) atoms. The summed E-state index contributed by atoms with van der Waals surface area (Å²) in [7, 11) is 0. The maximum atomic E-state index is 14.6. The summed E-state index contributed by atoms with van der Waals surface area (Å²) in [6, 6.07) is 3.69. The van der Waals surface area contributed by atoms with Gasteiger partial charge in [0.2, 0.25) is 0 Å². The number of anilines is 1. The molecule has 1 aromatic rings. The van der Waals surface area contributed by atoms with Gasteiger partial charge in [-0.3, -0.25) is 0 Å². The van der Waals surface area contributed by atoms with Crippen molar-refractivity contribution in [2.45, 2.75) is 32.4 Å². The van der Waals surface area contributed by atoms with Gasteiger partial charge < -0.3 is 15.4 Å². The van der Waals surface area contributed by atoms with E-state index in [0.29, 0.717) is 28.9 Å². The van der Waals surface area contributed by atoms with E-state index in [-0.39, 0.29) is 23.0 Å². The van der Waals surface area contributed by atoms with Gasteiger partial charge in [0.15, 0.2) is 5.82 Å². The molecule has 2 atom stereocenters. The standard InChI is InChI=1S/C14H18BrFN2OS/c1-3-9-7-19-8(2)6-18(9)11-5-4-10(14(17)20)12(15)13(11)16/h4-5,8-9H,3,6-7H2,1-2H3,(H2,17,20). The molecule has 1 heterocycles. The Morgan fingerprint density at radius 3 is 2.90 bits per heavy atom. The third kappa shape index (κ3) is 2.97. The molecule has 0 radical (unpaired) electrons. The SMILES string of the molecule is CCC1COC(C)CN1c1ccc(C(N)=S)c(Br)c1F. The van der Waals surface area contributed by atoms with E-state index in [0.717, 1.165) is 6.42 Å². The molecule has 1 aliphatic rings. The molecule has 0 bridgehead atoms. The Morgan fingerprint density at radius 2 is 2.30 bits per heavy atom. The predicted octanol–water partition coefficient (Wildman–Crippen LogP) is 3.23. The Morgan fingerprint density at radius 1 is 1.60 bits per heavy atom. The van der Waals surface area contributed by atoms with Crippen molar-refractivity contribution in [1.82, 2.24) is 0 Å². The number of nitrogens with two attached hydrogens (primary N) is 1. The van der Waals surface area contributed by atoms with E-state index in [1.54, 1.807) is 12.1 Å². The fourth-order valence-electron chi connectivity index (χ4n) is 2.43. The second-order valence-electron chi connectivity index (χ2n) is 4.98. The van der Waals surface area contributed by atoms with Crippen LogP contribution in [0.5, 0.6) is 0 Å². The second-order valence-corrected chi connectivity index (χ2v) is 6.22. The second kappa shape index (κ2) is 6.37. The molecule has 0 aliphatic carbocycles. The maximum absolute atomic E-state index is 14.6. The average molecular weight is 361 g/mol. The molecule has 0 amide bonds. The molecular weight excluding hydrogens is 343 g/mol. The quantitative estimate of drug-likeness (QED) is 0.839. The van der Waals surface area contributed by atoms with E-state index in [4.69, 9.17) is 22.7 Å². The van der Waals surface area contributed by atoms with Gasteiger partial charge in [0.1, 0.15) is 4.99 Å². The first-order chi connectivity index (χ1) is 9.45. The molecule has 1 fully saturated rings. The lowest BCUT2D eigenvalue weighted by Gasteiger charge is -2.40. The van der Waals surface area contributed by atoms with Crippen LogP contribution in [0.3, 0.4) is 0 Å². The fraction of sp³-hybridized carbons (Fsp3) is 0.500. The zero-order valence-corrected chi connectivity index (χ0v) is 13.9. The molecule has 1 saturated heterocycles. The topological polar surface area (TPSA) is 38.5 Å². The molecule has 110 valence electrons. The summed E-state index contributed by atoms with van der Waals surface area (Å²) >= 11 is 8.18. The van der Waals surface area contributed by atoms with Crippen molar-refractivity contribution in [2.24, 2.45) is 5.73 Å². The minimum Gasteiger partial charge on any atom is -0.389 e. The number of halogens is 2. The van der Waals surface area contributed by atoms with Gasteiger partial charge in [-0.2, -0.15) is 0 Å². The average Bonchev–Trinajstić information content (AvgIpc) is 2.41. The van der Waals surface area contributed by atoms with Gasteiger partial charge in [-0.05, 0) is 41.4 Å². The lowest BCUT2D eigenvalue weighted by molar-refractivity contribution is 0.0297. The van der Waals surface area contributed by atoms with Gasteiger partial charge in [-0.25, -0.2) is 4.39 Å². The number of hydrogen-bond donors (Lipinski definition) is 1. The first-order valence-corrected chi connectivity index (χ1v) is 7.81. The van der Waals surface area contributed by atoms with Crippen molar-refractivity contribution in [1.29, 1.82) is 0 Å². The van der Waals surface area contributed by atoms with E-state index >= 15 is 0 Å². The third-order valence-corrected chi connectivity index (χ3v) is 4.57. The van der Waals surface area contributed by atoms with Gasteiger partial charge in [-0.15, -0.1) is 0 Å². The Hall–Kier alpha value is -0.720. The Labute approximate surface area is 132 Å². The van der Waals surface area contributed by atoms with Crippen LogP contribution in [0.4, 0.5) is 10.1 Å². The van der Waals surface area contributed by atoms with Crippen LogP contribution in [0, 0.1) is 5.82 Å². The van der Waals surface area contributed by atoms with Crippen LogP contribution in [0.2, 0.25) is 0 Å². The van der Waals surface area contributed by atoms with Crippen molar-refractivity contribution in [3.05, 3.63) is 28.0 Å². The molecule has 2 N–H and O–H groups in total. The van der Waals surface area contributed by atoms with Crippen molar-refractivity contribution < 1.29 is 9.13 Å². The van der Waals surface area contributed by atoms with Crippen molar-refractivity contribution in [3.63, 3.8) is 0 Å². The summed E-state index contributed by atoms with van der Waals surface area (Å²) in [5.41, 5.74) is 6.68. The van der Waals surface area contributed by atoms with Crippen molar-refractivity contribution in [2.75, 3.05) is 18.1 Å². The van der Waals surface area contributed by atoms with Crippen molar-refractivity contribution in [3.8, 4) is 0 Å². The van der Waals surface area contributed by atoms with Crippen LogP contribution < -0.4 is 10.6 Å². The molecule has 0 aromatic heterocycles. The number of nitrogens with zero attached hydrogens (tertiary/aromatic N) is 1. The molecule has 2 rings (SSSR count). The number of rotatable bonds is 3. The zero-order valence-electron chi connectivity index (χ0n) is 11.5. The normalized spacial score (nSPS) is 22.9. The summed E-state index contributed by atoms with van der Waals surface area (Å²) in [5, 5.41) is 0. The highest BCUT2D eigenvalue weighted by molar-refractivity contribution is 9.10. The molecule has 3 nitrogen and oxygen atoms in total. The number of hydrogen-bond acceptors (Lipinski definition) is 3. The highest BCUT2D eigenvalue weighted by Gasteiger charge is 2.28. The lowest BCUT2D eigenvalue weighted by Crippen LogP contribution is -2.49. The molecule has 1 aromatic carbocycles. The number of benzene rings is 1. The summed E-state index contributed by atoms with van der Waals surface area (Å²) in [6.45, 7) is 5.36. The largest absolute Gasteiger partial charge is 0.389 e. The summed E-state index contributed by atoms with van der Waals surface area (Å²) in [5.74, 6) is -0.317. The van der Waals surface area contributed by atoms with E-state index in [1.807, 2.05) is 6.92 Å². The fourth-order valence-corrected chi connectivity index (χ4v) is 3.28. The summed E-state index contributed by atoms with van der Waals surface area (Å²) in [6.07, 6.45) is 0.993. The Bertz CT molecular complexity index is 526. The van der Waals surface area contributed by atoms with Crippen LogP contribution >= 0.6 is 28.1 Å². The van der Waals surface area contributed by atoms with Crippen LogP contribution in [-0.4, -0.2) is 30.3 Å². The van der Waals surface area contributed by atoms with Gasteiger partial charge in [0.25, 0.3) is 0 Å². The van der Waals surface area contributed by atoms with E-state index < -0.39 is 0 Å². The van der Waals surface area contributed by atoms with Crippen LogP contribution in [-0.2, 0) is 4.74 Å². The van der Waals surface area contributed by atoms with Crippen LogP contribution in [0.15, 0.2) is 16.6 Å². The van der Waals surface area contributed by atoms with Crippen molar-refractivity contribution >= 4 is 38.8 Å². The van der Waals surface area contributed by atoms with Crippen LogP contribution in [0.25, 0.3) is 0 Å². The highest BCUT2D eigenvalue weighted by atomic mass is 79.9. The molecule has 2 unspecified atom stereocenters. The first-order valence-electron chi connectivity index (χ1n) is 6.61. The minimum absolute atomic E-state index is 0.0891. The Kier molecular flexibility index (Phi) is 4.99. The first kappa shape index (κ1) is 15.7. The molecule has 6 heteroatoms. The van der Waals surface area contributed by atoms with Crippen LogP contribution in [0.1, 0.15) is 25.8 Å². The smallest absolute Gasteiger partial charge is 0.161 e. The van der Waals surface area contributed by atoms with Gasteiger partial charge in [0.05, 0.1) is 28.9 Å². The van der Waals surface area contributed by atoms with Gasteiger partial charge in [0, 0.05) is 12.1 Å². The van der Waals surface area contributed by atoms with E-state index in [9.17, 15) is 4.39 Å². The van der Waals surface area contributed by atoms with E-state index in [2.05, 4.69) is 27.8 Å². The number of thiocarbonyl (C=S) groups is 1. The zero-order chi connectivity index (χ0) is 14.9. The van der Waals surface area contributed by atoms with Gasteiger partial charge in [-0.1, -0.05) is 19.1 Å². The highest BCUT2D eigenvalue weighted by Crippen LogP contribution is 2.32. The number of ether oxygens (including phenoxy) is 1. The monoisotopic (exact) mass is 360 g/mol. The summed E-state index contributed by atoms with van der Waals surface area (Å²) < 4.78 is 20.6. The summed E-state index contributed by atoms with van der Waals surface area (Å²) in [4.78, 5) is 2.25. The van der Waals surface area contributed by atoms with Gasteiger partial charge >= 0.3 is 0 Å². The lowest BCUT2D eigenvalue weighted by atomic mass is 10.1. The predicted molar refractivity (Wildman–Crippen MR) is 86.8 cm³/mol. The molecule has 0 spiro atoms.